The van der Waals surface area contributed by atoms with Crippen molar-refractivity contribution in [3.05, 3.63) is 22.7 Å². The lowest BCUT2D eigenvalue weighted by atomic mass is 10.1. The van der Waals surface area contributed by atoms with E-state index in [2.05, 4.69) is 0 Å². The number of halogens is 1. The molecule has 1 aromatic carbocycles. The van der Waals surface area contributed by atoms with Gasteiger partial charge in [-0.15, -0.1) is 0 Å². The smallest absolute Gasteiger partial charge is 0.303 e. The topological polar surface area (TPSA) is 55.8 Å². The molecule has 0 saturated heterocycles. The Morgan fingerprint density at radius 1 is 1.47 bits per heavy atom. The standard InChI is InChI=1S/C14H17ClO4/c1-18-12-8-10(15)7-9(3-2-4-13(16)17)14(12)19-11-5-6-11/h7-8,11H,2-6H2,1H3,(H,16,17). The van der Waals surface area contributed by atoms with Crippen molar-refractivity contribution in [1.82, 2.24) is 0 Å². The number of carboxylic acids is 1. The molecule has 5 heteroatoms. The van der Waals surface area contributed by atoms with E-state index in [1.165, 1.54) is 0 Å². The maximum Gasteiger partial charge on any atom is 0.303 e. The molecule has 0 aliphatic heterocycles. The fourth-order valence-electron chi connectivity index (χ4n) is 1.88. The molecule has 1 N–H and O–H groups in total. The molecule has 1 aliphatic rings. The molecule has 104 valence electrons. The van der Waals surface area contributed by atoms with Gasteiger partial charge in [-0.2, -0.15) is 0 Å². The highest BCUT2D eigenvalue weighted by Gasteiger charge is 2.26. The predicted octanol–water partition coefficient (Wildman–Crippen LogP) is 3.30. The van der Waals surface area contributed by atoms with Crippen LogP contribution in [0.4, 0.5) is 0 Å². The molecule has 0 spiro atoms. The Bertz CT molecular complexity index is 469. The molecule has 2 rings (SSSR count). The largest absolute Gasteiger partial charge is 0.493 e. The molecule has 19 heavy (non-hydrogen) atoms. The van der Waals surface area contributed by atoms with Crippen LogP contribution in [0.5, 0.6) is 11.5 Å². The Kier molecular flexibility index (Phi) is 4.53. The molecule has 0 amide bonds. The second-order valence-electron chi connectivity index (χ2n) is 4.66. The summed E-state index contributed by atoms with van der Waals surface area (Å²) in [7, 11) is 1.58. The number of rotatable bonds is 7. The van der Waals surface area contributed by atoms with Gasteiger partial charge in [-0.1, -0.05) is 11.6 Å². The predicted molar refractivity (Wildman–Crippen MR) is 72.2 cm³/mol. The van der Waals surface area contributed by atoms with Crippen LogP contribution in [0.15, 0.2) is 12.1 Å². The van der Waals surface area contributed by atoms with Crippen LogP contribution in [0.2, 0.25) is 5.02 Å². The molecule has 0 bridgehead atoms. The minimum Gasteiger partial charge on any atom is -0.493 e. The van der Waals surface area contributed by atoms with Gasteiger partial charge >= 0.3 is 5.97 Å². The Hall–Kier alpha value is -1.42. The molecular weight excluding hydrogens is 268 g/mol. The average Bonchev–Trinajstić information content (AvgIpc) is 3.15. The van der Waals surface area contributed by atoms with Gasteiger partial charge in [-0.3, -0.25) is 4.79 Å². The molecule has 0 radical (unpaired) electrons. The minimum absolute atomic E-state index is 0.137. The van der Waals surface area contributed by atoms with E-state index in [0.717, 1.165) is 18.4 Å². The van der Waals surface area contributed by atoms with E-state index in [1.54, 1.807) is 13.2 Å². The van der Waals surface area contributed by atoms with Crippen molar-refractivity contribution in [2.75, 3.05) is 7.11 Å². The van der Waals surface area contributed by atoms with Gasteiger partial charge < -0.3 is 14.6 Å². The van der Waals surface area contributed by atoms with Gasteiger partial charge in [0, 0.05) is 17.5 Å². The zero-order valence-electron chi connectivity index (χ0n) is 10.8. The van der Waals surface area contributed by atoms with Gasteiger partial charge in [0.15, 0.2) is 11.5 Å². The van der Waals surface area contributed by atoms with Crippen molar-refractivity contribution in [1.29, 1.82) is 0 Å². The van der Waals surface area contributed by atoms with Gasteiger partial charge in [0.1, 0.15) is 0 Å². The highest BCUT2D eigenvalue weighted by atomic mass is 35.5. The summed E-state index contributed by atoms with van der Waals surface area (Å²) in [4.78, 5) is 10.6. The highest BCUT2D eigenvalue weighted by Crippen LogP contribution is 2.39. The first-order chi connectivity index (χ1) is 9.10. The normalized spacial score (nSPS) is 14.2. The maximum atomic E-state index is 10.6. The zero-order valence-corrected chi connectivity index (χ0v) is 11.6. The van der Waals surface area contributed by atoms with E-state index in [0.29, 0.717) is 29.4 Å². The summed E-state index contributed by atoms with van der Waals surface area (Å²) in [5.41, 5.74) is 0.914. The zero-order chi connectivity index (χ0) is 13.8. The third kappa shape index (κ3) is 4.03. The van der Waals surface area contributed by atoms with Crippen molar-refractivity contribution in [2.45, 2.75) is 38.2 Å². The van der Waals surface area contributed by atoms with Crippen LogP contribution in [0.3, 0.4) is 0 Å². The molecule has 0 heterocycles. The fraction of sp³-hybridized carbons (Fsp3) is 0.500. The van der Waals surface area contributed by atoms with E-state index in [1.807, 2.05) is 6.07 Å². The Morgan fingerprint density at radius 2 is 2.21 bits per heavy atom. The lowest BCUT2D eigenvalue weighted by Gasteiger charge is -2.15. The van der Waals surface area contributed by atoms with Crippen LogP contribution in [-0.2, 0) is 11.2 Å². The lowest BCUT2D eigenvalue weighted by Crippen LogP contribution is -2.03. The Balaban J connectivity index is 2.17. The van der Waals surface area contributed by atoms with Crippen molar-refractivity contribution in [2.24, 2.45) is 0 Å². The number of aryl methyl sites for hydroxylation is 1. The van der Waals surface area contributed by atoms with Crippen LogP contribution >= 0.6 is 11.6 Å². The van der Waals surface area contributed by atoms with E-state index in [9.17, 15) is 4.79 Å². The lowest BCUT2D eigenvalue weighted by molar-refractivity contribution is -0.137. The maximum absolute atomic E-state index is 10.6. The number of hydrogen-bond acceptors (Lipinski definition) is 3. The number of aliphatic carboxylic acids is 1. The second kappa shape index (κ2) is 6.15. The first kappa shape index (κ1) is 14.0. The molecule has 1 aromatic rings. The highest BCUT2D eigenvalue weighted by molar-refractivity contribution is 6.30. The molecular formula is C14H17ClO4. The van der Waals surface area contributed by atoms with E-state index < -0.39 is 5.97 Å². The van der Waals surface area contributed by atoms with Crippen molar-refractivity contribution < 1.29 is 19.4 Å². The first-order valence-electron chi connectivity index (χ1n) is 6.35. The number of hydrogen-bond donors (Lipinski definition) is 1. The molecule has 0 unspecified atom stereocenters. The van der Waals surface area contributed by atoms with Crippen molar-refractivity contribution in [3.63, 3.8) is 0 Å². The van der Waals surface area contributed by atoms with Crippen molar-refractivity contribution >= 4 is 17.6 Å². The SMILES string of the molecule is COc1cc(Cl)cc(CCCC(=O)O)c1OC1CC1. The van der Waals surface area contributed by atoms with Crippen LogP contribution in [0.1, 0.15) is 31.2 Å². The summed E-state index contributed by atoms with van der Waals surface area (Å²) in [5, 5.41) is 9.26. The summed E-state index contributed by atoms with van der Waals surface area (Å²) in [6, 6.07) is 3.55. The van der Waals surface area contributed by atoms with Crippen LogP contribution in [0, 0.1) is 0 Å². The number of ether oxygens (including phenoxy) is 2. The monoisotopic (exact) mass is 284 g/mol. The molecule has 0 atom stereocenters. The van der Waals surface area contributed by atoms with Gasteiger partial charge in [0.05, 0.1) is 13.2 Å². The van der Waals surface area contributed by atoms with E-state index in [4.69, 9.17) is 26.2 Å². The molecule has 4 nitrogen and oxygen atoms in total. The van der Waals surface area contributed by atoms with Gasteiger partial charge in [-0.05, 0) is 37.3 Å². The third-order valence-corrected chi connectivity index (χ3v) is 3.18. The van der Waals surface area contributed by atoms with Gasteiger partial charge in [-0.25, -0.2) is 0 Å². The molecule has 0 aromatic heterocycles. The van der Waals surface area contributed by atoms with Crippen LogP contribution in [-0.4, -0.2) is 24.3 Å². The first-order valence-corrected chi connectivity index (χ1v) is 6.73. The summed E-state index contributed by atoms with van der Waals surface area (Å²) in [6.45, 7) is 0. The van der Waals surface area contributed by atoms with E-state index in [-0.39, 0.29) is 12.5 Å². The summed E-state index contributed by atoms with van der Waals surface area (Å²) in [6.07, 6.45) is 3.68. The average molecular weight is 285 g/mol. The summed E-state index contributed by atoms with van der Waals surface area (Å²) < 4.78 is 11.2. The molecule has 1 saturated carbocycles. The van der Waals surface area contributed by atoms with Crippen LogP contribution < -0.4 is 9.47 Å². The summed E-state index contributed by atoms with van der Waals surface area (Å²) >= 11 is 6.04. The molecule has 1 fully saturated rings. The van der Waals surface area contributed by atoms with Crippen molar-refractivity contribution in [3.8, 4) is 11.5 Å². The summed E-state index contributed by atoms with van der Waals surface area (Å²) in [5.74, 6) is 0.531. The van der Waals surface area contributed by atoms with Gasteiger partial charge in [0.2, 0.25) is 0 Å². The Labute approximate surface area is 117 Å². The minimum atomic E-state index is -0.793. The number of carboxylic acid groups (broad SMARTS) is 1. The third-order valence-electron chi connectivity index (χ3n) is 2.96. The molecule has 1 aliphatic carbocycles. The second-order valence-corrected chi connectivity index (χ2v) is 5.10. The quantitative estimate of drug-likeness (QED) is 0.835. The van der Waals surface area contributed by atoms with Crippen LogP contribution in [0.25, 0.3) is 0 Å². The number of methoxy groups -OCH3 is 1. The number of benzene rings is 1. The Morgan fingerprint density at radius 3 is 2.79 bits per heavy atom. The van der Waals surface area contributed by atoms with E-state index >= 15 is 0 Å². The fourth-order valence-corrected chi connectivity index (χ4v) is 2.11. The van der Waals surface area contributed by atoms with Gasteiger partial charge in [0.25, 0.3) is 0 Å². The number of carbonyl (C=O) groups is 1.